The minimum Gasteiger partial charge on any atom is -0.474 e. The van der Waals surface area contributed by atoms with Crippen LogP contribution in [0.15, 0.2) is 12.3 Å². The molecule has 0 radical (unpaired) electrons. The average molecular weight is 334 g/mol. The van der Waals surface area contributed by atoms with E-state index in [0.717, 1.165) is 42.8 Å². The van der Waals surface area contributed by atoms with Crippen LogP contribution in [0.4, 0.5) is 0 Å². The molecule has 2 heterocycles. The Balaban J connectivity index is 1.70. The third kappa shape index (κ3) is 4.63. The molecular weight excluding hydrogens is 308 g/mol. The summed E-state index contributed by atoms with van der Waals surface area (Å²) in [5.41, 5.74) is 1.58. The van der Waals surface area contributed by atoms with Crippen LogP contribution in [0.25, 0.3) is 0 Å². The third-order valence-electron chi connectivity index (χ3n) is 4.62. The maximum atomic E-state index is 12.7. The zero-order valence-corrected chi connectivity index (χ0v) is 14.7. The van der Waals surface area contributed by atoms with E-state index in [-0.39, 0.29) is 12.0 Å². The van der Waals surface area contributed by atoms with Crippen molar-refractivity contribution in [3.8, 4) is 5.88 Å². The minimum atomic E-state index is -0.0340. The molecule has 1 N–H and O–H groups in total. The highest BCUT2D eigenvalue weighted by Gasteiger charge is 2.23. The number of thioether (sulfide) groups is 1. The van der Waals surface area contributed by atoms with Crippen molar-refractivity contribution in [3.63, 3.8) is 0 Å². The number of aromatic nitrogens is 1. The Bertz CT molecular complexity index is 538. The van der Waals surface area contributed by atoms with Crippen molar-refractivity contribution in [1.82, 2.24) is 10.3 Å². The predicted octanol–water partition coefficient (Wildman–Crippen LogP) is 3.73. The highest BCUT2D eigenvalue weighted by atomic mass is 32.2. The minimum absolute atomic E-state index is 0.0340. The zero-order valence-electron chi connectivity index (χ0n) is 13.8. The lowest BCUT2D eigenvalue weighted by Gasteiger charge is -2.25. The second-order valence-corrected chi connectivity index (χ2v) is 7.83. The molecule has 2 aliphatic rings. The van der Waals surface area contributed by atoms with Gasteiger partial charge < -0.3 is 10.1 Å². The Morgan fingerprint density at radius 1 is 1.22 bits per heavy atom. The lowest BCUT2D eigenvalue weighted by molar-refractivity contribution is 0.0917. The second-order valence-electron chi connectivity index (χ2n) is 6.60. The summed E-state index contributed by atoms with van der Waals surface area (Å²) in [5.74, 6) is 2.72. The van der Waals surface area contributed by atoms with Crippen LogP contribution < -0.4 is 10.1 Å². The quantitative estimate of drug-likeness (QED) is 0.911. The van der Waals surface area contributed by atoms with Gasteiger partial charge in [0.15, 0.2) is 0 Å². The van der Waals surface area contributed by atoms with Gasteiger partial charge in [-0.25, -0.2) is 4.98 Å². The predicted molar refractivity (Wildman–Crippen MR) is 94.3 cm³/mol. The number of hydrogen-bond donors (Lipinski definition) is 1. The lowest BCUT2D eigenvalue weighted by Crippen LogP contribution is -2.36. The Morgan fingerprint density at radius 3 is 2.70 bits per heavy atom. The van der Waals surface area contributed by atoms with Gasteiger partial charge >= 0.3 is 0 Å². The molecule has 1 amide bonds. The monoisotopic (exact) mass is 334 g/mol. The number of rotatable bonds is 4. The van der Waals surface area contributed by atoms with E-state index >= 15 is 0 Å². The molecule has 126 valence electrons. The standard InChI is InChI=1S/C18H26N2O2S/c1-13-11-16(17(21)20-14-5-3-2-4-6-14)18(19-12-13)22-15-7-9-23-10-8-15/h11-12,14-15H,2-10H2,1H3,(H,20,21). The number of amides is 1. The molecule has 1 saturated carbocycles. The molecule has 1 aliphatic carbocycles. The molecule has 5 heteroatoms. The summed E-state index contributed by atoms with van der Waals surface area (Å²) in [6, 6.07) is 2.20. The summed E-state index contributed by atoms with van der Waals surface area (Å²) in [4.78, 5) is 17.1. The first-order valence-corrected chi connectivity index (χ1v) is 9.90. The molecule has 1 aliphatic heterocycles. The SMILES string of the molecule is Cc1cnc(OC2CCSCC2)c(C(=O)NC2CCCCC2)c1. The number of pyridine rings is 1. The first kappa shape index (κ1) is 16.6. The Morgan fingerprint density at radius 2 is 1.96 bits per heavy atom. The summed E-state index contributed by atoms with van der Waals surface area (Å²) in [6.45, 7) is 1.96. The molecule has 0 unspecified atom stereocenters. The first-order chi connectivity index (χ1) is 11.2. The van der Waals surface area contributed by atoms with Gasteiger partial charge in [0.1, 0.15) is 11.7 Å². The molecule has 23 heavy (non-hydrogen) atoms. The molecule has 1 saturated heterocycles. The highest BCUT2D eigenvalue weighted by Crippen LogP contribution is 2.25. The van der Waals surface area contributed by atoms with Crippen LogP contribution in [0.3, 0.4) is 0 Å². The molecule has 2 fully saturated rings. The van der Waals surface area contributed by atoms with Crippen molar-refractivity contribution in [3.05, 3.63) is 23.4 Å². The van der Waals surface area contributed by atoms with Gasteiger partial charge in [-0.1, -0.05) is 19.3 Å². The summed E-state index contributed by atoms with van der Waals surface area (Å²) in [7, 11) is 0. The molecule has 3 rings (SSSR count). The van der Waals surface area contributed by atoms with Crippen LogP contribution in [0.5, 0.6) is 5.88 Å². The fraction of sp³-hybridized carbons (Fsp3) is 0.667. The van der Waals surface area contributed by atoms with E-state index in [1.54, 1.807) is 6.20 Å². The molecule has 1 aromatic heterocycles. The van der Waals surface area contributed by atoms with Crippen molar-refractivity contribution in [2.45, 2.75) is 64.0 Å². The number of carbonyl (C=O) groups excluding carboxylic acids is 1. The van der Waals surface area contributed by atoms with E-state index < -0.39 is 0 Å². The summed E-state index contributed by atoms with van der Waals surface area (Å²) in [6.07, 6.45) is 9.90. The van der Waals surface area contributed by atoms with Crippen LogP contribution in [0, 0.1) is 6.92 Å². The van der Waals surface area contributed by atoms with Crippen LogP contribution >= 0.6 is 11.8 Å². The molecule has 0 spiro atoms. The fourth-order valence-corrected chi connectivity index (χ4v) is 4.34. The molecule has 0 aromatic carbocycles. The normalized spacial score (nSPS) is 20.2. The van der Waals surface area contributed by atoms with Gasteiger partial charge in [0, 0.05) is 12.2 Å². The van der Waals surface area contributed by atoms with Crippen molar-refractivity contribution >= 4 is 17.7 Å². The van der Waals surface area contributed by atoms with Gasteiger partial charge in [0.25, 0.3) is 5.91 Å². The number of nitrogens with one attached hydrogen (secondary N) is 1. The smallest absolute Gasteiger partial charge is 0.256 e. The molecule has 0 bridgehead atoms. The lowest BCUT2D eigenvalue weighted by atomic mass is 9.95. The number of nitrogens with zero attached hydrogens (tertiary/aromatic N) is 1. The molecule has 4 nitrogen and oxygen atoms in total. The number of ether oxygens (including phenoxy) is 1. The van der Waals surface area contributed by atoms with Crippen molar-refractivity contribution < 1.29 is 9.53 Å². The van der Waals surface area contributed by atoms with E-state index in [1.807, 2.05) is 24.8 Å². The van der Waals surface area contributed by atoms with E-state index in [4.69, 9.17) is 4.74 Å². The average Bonchev–Trinajstić information content (AvgIpc) is 2.58. The second kappa shape index (κ2) is 8.04. The van der Waals surface area contributed by atoms with Crippen LogP contribution in [0.1, 0.15) is 60.9 Å². The van der Waals surface area contributed by atoms with Gasteiger partial charge in [0.05, 0.1) is 0 Å². The number of hydrogen-bond acceptors (Lipinski definition) is 4. The maximum absolute atomic E-state index is 12.7. The van der Waals surface area contributed by atoms with Crippen molar-refractivity contribution in [2.75, 3.05) is 11.5 Å². The largest absolute Gasteiger partial charge is 0.474 e. The molecular formula is C18H26N2O2S. The fourth-order valence-electron chi connectivity index (χ4n) is 3.27. The summed E-state index contributed by atoms with van der Waals surface area (Å²) >= 11 is 1.97. The van der Waals surface area contributed by atoms with E-state index in [1.165, 1.54) is 19.3 Å². The van der Waals surface area contributed by atoms with Gasteiger partial charge in [-0.15, -0.1) is 0 Å². The Labute approximate surface area is 142 Å². The maximum Gasteiger partial charge on any atom is 0.256 e. The van der Waals surface area contributed by atoms with Crippen LogP contribution in [-0.2, 0) is 0 Å². The Kier molecular flexibility index (Phi) is 5.81. The summed E-state index contributed by atoms with van der Waals surface area (Å²) < 4.78 is 6.07. The molecule has 0 atom stereocenters. The van der Waals surface area contributed by atoms with Crippen LogP contribution in [0.2, 0.25) is 0 Å². The summed E-state index contributed by atoms with van der Waals surface area (Å²) in [5, 5.41) is 3.18. The number of carbonyl (C=O) groups is 1. The van der Waals surface area contributed by atoms with Gasteiger partial charge in [-0.05, 0) is 55.7 Å². The zero-order chi connectivity index (χ0) is 16.1. The van der Waals surface area contributed by atoms with E-state index in [9.17, 15) is 4.79 Å². The first-order valence-electron chi connectivity index (χ1n) is 8.74. The van der Waals surface area contributed by atoms with Gasteiger partial charge in [-0.3, -0.25) is 4.79 Å². The number of aryl methyl sites for hydroxylation is 1. The third-order valence-corrected chi connectivity index (χ3v) is 5.67. The molecule has 1 aromatic rings. The van der Waals surface area contributed by atoms with Crippen molar-refractivity contribution in [1.29, 1.82) is 0 Å². The van der Waals surface area contributed by atoms with E-state index in [0.29, 0.717) is 17.5 Å². The van der Waals surface area contributed by atoms with Gasteiger partial charge in [0.2, 0.25) is 5.88 Å². The Hall–Kier alpha value is -1.23. The van der Waals surface area contributed by atoms with E-state index in [2.05, 4.69) is 10.3 Å². The highest BCUT2D eigenvalue weighted by molar-refractivity contribution is 7.99. The van der Waals surface area contributed by atoms with Crippen molar-refractivity contribution in [2.24, 2.45) is 0 Å². The van der Waals surface area contributed by atoms with Crippen LogP contribution in [-0.4, -0.2) is 34.5 Å². The van der Waals surface area contributed by atoms with Gasteiger partial charge in [-0.2, -0.15) is 11.8 Å². The topological polar surface area (TPSA) is 51.2 Å².